The number of benzene rings is 2. The number of hydrogen-bond acceptors (Lipinski definition) is 3. The highest BCUT2D eigenvalue weighted by atomic mass is 16.2. The maximum atomic E-state index is 12.1. The zero-order valence-electron chi connectivity index (χ0n) is 15.9. The van der Waals surface area contributed by atoms with E-state index in [4.69, 9.17) is 0 Å². The van der Waals surface area contributed by atoms with E-state index in [9.17, 15) is 9.59 Å². The van der Waals surface area contributed by atoms with Crippen LogP contribution in [0.1, 0.15) is 34.5 Å². The fourth-order valence-electron chi connectivity index (χ4n) is 2.61. The Morgan fingerprint density at radius 1 is 0.897 bits per heavy atom. The van der Waals surface area contributed by atoms with Crippen molar-refractivity contribution in [3.05, 3.63) is 95.8 Å². The van der Waals surface area contributed by atoms with Gasteiger partial charge in [0.1, 0.15) is 5.69 Å². The topological polar surface area (TPSA) is 71.1 Å². The van der Waals surface area contributed by atoms with Crippen molar-refractivity contribution < 1.29 is 9.59 Å². The summed E-state index contributed by atoms with van der Waals surface area (Å²) in [6.07, 6.45) is 2.57. The number of hydrogen-bond donors (Lipinski definition) is 2. The molecule has 0 saturated heterocycles. The molecule has 3 rings (SSSR count). The Balaban J connectivity index is 1.45. The molecule has 0 saturated carbocycles. The van der Waals surface area contributed by atoms with Gasteiger partial charge in [0.2, 0.25) is 5.91 Å². The van der Waals surface area contributed by atoms with Crippen LogP contribution < -0.4 is 10.6 Å². The molecule has 2 N–H and O–H groups in total. The van der Waals surface area contributed by atoms with Crippen molar-refractivity contribution in [1.29, 1.82) is 0 Å². The number of carbonyl (C=O) groups excluding carboxylic acids is 2. The molecule has 5 heteroatoms. The first-order valence-electron chi connectivity index (χ1n) is 9.37. The second-order valence-electron chi connectivity index (χ2n) is 6.32. The monoisotopic (exact) mass is 383 g/mol. The molecule has 0 spiro atoms. The van der Waals surface area contributed by atoms with E-state index in [1.54, 1.807) is 18.3 Å². The molecule has 3 aromatic rings. The number of pyridine rings is 1. The predicted molar refractivity (Wildman–Crippen MR) is 113 cm³/mol. The molecule has 0 unspecified atom stereocenters. The highest BCUT2D eigenvalue weighted by Gasteiger charge is 2.05. The van der Waals surface area contributed by atoms with E-state index in [0.29, 0.717) is 36.3 Å². The second-order valence-corrected chi connectivity index (χ2v) is 6.32. The minimum Gasteiger partial charge on any atom is -0.352 e. The summed E-state index contributed by atoms with van der Waals surface area (Å²) in [5.41, 5.74) is 2.79. The molecule has 0 bridgehead atoms. The van der Waals surface area contributed by atoms with Crippen LogP contribution >= 0.6 is 0 Å². The first kappa shape index (κ1) is 19.8. The zero-order chi connectivity index (χ0) is 20.3. The van der Waals surface area contributed by atoms with Crippen molar-refractivity contribution in [1.82, 2.24) is 10.3 Å². The smallest absolute Gasteiger partial charge is 0.251 e. The number of nitrogens with one attached hydrogen (secondary N) is 2. The predicted octanol–water partition coefficient (Wildman–Crippen LogP) is 3.63. The Kier molecular flexibility index (Phi) is 7.14. The summed E-state index contributed by atoms with van der Waals surface area (Å²) in [7, 11) is 0. The first-order chi connectivity index (χ1) is 14.2. The van der Waals surface area contributed by atoms with Crippen molar-refractivity contribution in [3.63, 3.8) is 0 Å². The van der Waals surface area contributed by atoms with E-state index in [1.165, 1.54) is 0 Å². The molecule has 29 heavy (non-hydrogen) atoms. The Morgan fingerprint density at radius 2 is 1.72 bits per heavy atom. The molecule has 144 valence electrons. The zero-order valence-corrected chi connectivity index (χ0v) is 15.9. The minimum absolute atomic E-state index is 0.103. The minimum atomic E-state index is -0.134. The SMILES string of the molecule is O=C(CCCNC(=O)c1ccccc1)Nc1cccc(C#Cc2ccccn2)c1. The Morgan fingerprint density at radius 3 is 2.52 bits per heavy atom. The van der Waals surface area contributed by atoms with Crippen LogP contribution in [0.25, 0.3) is 0 Å². The van der Waals surface area contributed by atoms with E-state index < -0.39 is 0 Å². The fraction of sp³-hybridized carbons (Fsp3) is 0.125. The van der Waals surface area contributed by atoms with Gasteiger partial charge in [0.25, 0.3) is 5.91 Å². The third kappa shape index (κ3) is 6.64. The molecule has 1 heterocycles. The molecule has 1 aromatic heterocycles. The molecular formula is C24H21N3O2. The highest BCUT2D eigenvalue weighted by molar-refractivity contribution is 5.94. The molecule has 0 atom stereocenters. The van der Waals surface area contributed by atoms with Crippen LogP contribution in [0.2, 0.25) is 0 Å². The van der Waals surface area contributed by atoms with Gasteiger partial charge >= 0.3 is 0 Å². The lowest BCUT2D eigenvalue weighted by atomic mass is 10.2. The molecule has 0 aliphatic heterocycles. The van der Waals surface area contributed by atoms with Crippen LogP contribution in [0.4, 0.5) is 5.69 Å². The van der Waals surface area contributed by atoms with E-state index in [-0.39, 0.29) is 11.8 Å². The number of aromatic nitrogens is 1. The summed E-state index contributed by atoms with van der Waals surface area (Å²) in [6.45, 7) is 0.441. The van der Waals surface area contributed by atoms with Gasteiger partial charge < -0.3 is 10.6 Å². The van der Waals surface area contributed by atoms with E-state index in [1.807, 2.05) is 60.7 Å². The Bertz CT molecular complexity index is 1020. The standard InChI is InChI=1S/C24H21N3O2/c28-23(13-7-17-26-24(29)20-9-2-1-3-10-20)27-22-12-6-8-19(18-22)14-15-21-11-4-5-16-25-21/h1-6,8-12,16,18H,7,13,17H2,(H,26,29)(H,27,28). The fourth-order valence-corrected chi connectivity index (χ4v) is 2.61. The van der Waals surface area contributed by atoms with Crippen molar-refractivity contribution >= 4 is 17.5 Å². The van der Waals surface area contributed by atoms with Gasteiger partial charge in [-0.05, 0) is 54.8 Å². The van der Waals surface area contributed by atoms with Crippen LogP contribution in [0.3, 0.4) is 0 Å². The maximum absolute atomic E-state index is 12.1. The van der Waals surface area contributed by atoms with Crippen LogP contribution in [0, 0.1) is 11.8 Å². The van der Waals surface area contributed by atoms with Crippen molar-refractivity contribution in [2.45, 2.75) is 12.8 Å². The summed E-state index contributed by atoms with van der Waals surface area (Å²) in [6, 6.07) is 21.9. The van der Waals surface area contributed by atoms with E-state index in [0.717, 1.165) is 5.56 Å². The average Bonchev–Trinajstić information content (AvgIpc) is 2.77. The second kappa shape index (κ2) is 10.4. The Labute approximate surface area is 170 Å². The van der Waals surface area contributed by atoms with Gasteiger partial charge in [-0.15, -0.1) is 0 Å². The molecule has 2 aromatic carbocycles. The molecule has 0 radical (unpaired) electrons. The van der Waals surface area contributed by atoms with E-state index >= 15 is 0 Å². The van der Waals surface area contributed by atoms with Crippen molar-refractivity contribution in [2.75, 3.05) is 11.9 Å². The largest absolute Gasteiger partial charge is 0.352 e. The van der Waals surface area contributed by atoms with Gasteiger partial charge in [-0.1, -0.05) is 36.3 Å². The Hall–Kier alpha value is -3.91. The number of nitrogens with zero attached hydrogens (tertiary/aromatic N) is 1. The van der Waals surface area contributed by atoms with E-state index in [2.05, 4.69) is 27.5 Å². The van der Waals surface area contributed by atoms with Gasteiger partial charge in [0.05, 0.1) is 0 Å². The normalized spacial score (nSPS) is 9.79. The van der Waals surface area contributed by atoms with Gasteiger partial charge in [-0.3, -0.25) is 9.59 Å². The van der Waals surface area contributed by atoms with Crippen LogP contribution in [0.15, 0.2) is 79.0 Å². The van der Waals surface area contributed by atoms with Crippen LogP contribution in [-0.2, 0) is 4.79 Å². The van der Waals surface area contributed by atoms with Crippen LogP contribution in [0.5, 0.6) is 0 Å². The molecule has 5 nitrogen and oxygen atoms in total. The summed E-state index contributed by atoms with van der Waals surface area (Å²) in [4.78, 5) is 28.3. The number of rotatable bonds is 6. The summed E-state index contributed by atoms with van der Waals surface area (Å²) >= 11 is 0. The number of amides is 2. The lowest BCUT2D eigenvalue weighted by Gasteiger charge is -2.07. The summed E-state index contributed by atoms with van der Waals surface area (Å²) < 4.78 is 0. The molecular weight excluding hydrogens is 362 g/mol. The van der Waals surface area contributed by atoms with Gasteiger partial charge in [0.15, 0.2) is 0 Å². The highest BCUT2D eigenvalue weighted by Crippen LogP contribution is 2.11. The lowest BCUT2D eigenvalue weighted by molar-refractivity contribution is -0.116. The van der Waals surface area contributed by atoms with Crippen molar-refractivity contribution in [3.8, 4) is 11.8 Å². The maximum Gasteiger partial charge on any atom is 0.251 e. The first-order valence-corrected chi connectivity index (χ1v) is 9.37. The summed E-state index contributed by atoms with van der Waals surface area (Å²) in [5.74, 6) is 5.80. The third-order valence-electron chi connectivity index (χ3n) is 4.05. The average molecular weight is 383 g/mol. The molecule has 0 aliphatic rings. The van der Waals surface area contributed by atoms with Crippen LogP contribution in [-0.4, -0.2) is 23.3 Å². The molecule has 0 aliphatic carbocycles. The lowest BCUT2D eigenvalue weighted by Crippen LogP contribution is -2.25. The third-order valence-corrected chi connectivity index (χ3v) is 4.05. The van der Waals surface area contributed by atoms with Gasteiger partial charge in [-0.2, -0.15) is 0 Å². The number of anilines is 1. The van der Waals surface area contributed by atoms with Gasteiger partial charge in [0, 0.05) is 36.0 Å². The van der Waals surface area contributed by atoms with Crippen molar-refractivity contribution in [2.24, 2.45) is 0 Å². The molecule has 0 fully saturated rings. The quantitative estimate of drug-likeness (QED) is 0.504. The number of carbonyl (C=O) groups is 2. The molecule has 2 amide bonds. The summed E-state index contributed by atoms with van der Waals surface area (Å²) in [5, 5.41) is 5.68. The van der Waals surface area contributed by atoms with Gasteiger partial charge in [-0.25, -0.2) is 4.98 Å².